The molecule has 7 nitrogen and oxygen atoms in total. The molecule has 2 aromatic carbocycles. The third kappa shape index (κ3) is 3.92. The van der Waals surface area contributed by atoms with Crippen molar-refractivity contribution in [3.63, 3.8) is 0 Å². The van der Waals surface area contributed by atoms with E-state index in [1.54, 1.807) is 6.20 Å². The number of hydrogen-bond acceptors (Lipinski definition) is 6. The Labute approximate surface area is 176 Å². The van der Waals surface area contributed by atoms with E-state index in [-0.39, 0.29) is 6.04 Å². The Hall–Kier alpha value is -3.58. The number of pyridine rings is 1. The molecule has 1 N–H and O–H groups in total. The summed E-state index contributed by atoms with van der Waals surface area (Å²) in [4.78, 5) is 6.68. The van der Waals surface area contributed by atoms with Crippen molar-refractivity contribution in [3.05, 3.63) is 95.4 Å². The lowest BCUT2D eigenvalue weighted by Crippen LogP contribution is -2.28. The van der Waals surface area contributed by atoms with Crippen LogP contribution >= 0.6 is 0 Å². The van der Waals surface area contributed by atoms with Gasteiger partial charge in [-0.1, -0.05) is 54.6 Å². The van der Waals surface area contributed by atoms with Gasteiger partial charge in [-0.2, -0.15) is 4.68 Å². The van der Waals surface area contributed by atoms with Crippen LogP contribution in [0.2, 0.25) is 0 Å². The second-order valence-electron chi connectivity index (χ2n) is 7.22. The maximum atomic E-state index is 4.44. The quantitative estimate of drug-likeness (QED) is 0.512. The number of anilines is 1. The molecule has 1 atom stereocenters. The first-order chi connectivity index (χ1) is 14.7. The van der Waals surface area contributed by atoms with E-state index in [0.717, 1.165) is 34.0 Å². The van der Waals surface area contributed by atoms with E-state index in [1.165, 1.54) is 0 Å². The van der Waals surface area contributed by atoms with E-state index in [1.807, 2.05) is 54.2 Å². The fourth-order valence-corrected chi connectivity index (χ4v) is 3.72. The highest BCUT2D eigenvalue weighted by Gasteiger charge is 2.27. The van der Waals surface area contributed by atoms with Gasteiger partial charge in [-0.15, -0.1) is 5.10 Å². The van der Waals surface area contributed by atoms with Gasteiger partial charge in [-0.3, -0.25) is 4.90 Å². The van der Waals surface area contributed by atoms with Gasteiger partial charge in [0.05, 0.1) is 11.7 Å². The first-order valence-corrected chi connectivity index (χ1v) is 9.90. The van der Waals surface area contributed by atoms with E-state index in [4.69, 9.17) is 0 Å². The summed E-state index contributed by atoms with van der Waals surface area (Å²) in [5.41, 5.74) is 4.33. The summed E-state index contributed by atoms with van der Waals surface area (Å²) in [6.07, 6.45) is 1.79. The number of benzene rings is 2. The number of tetrazole rings is 1. The molecule has 0 unspecified atom stereocenters. The zero-order valence-corrected chi connectivity index (χ0v) is 17.4. The zero-order chi connectivity index (χ0) is 20.9. The molecule has 0 radical (unpaired) electrons. The number of para-hydroxylation sites is 1. The highest BCUT2D eigenvalue weighted by Crippen LogP contribution is 2.30. The van der Waals surface area contributed by atoms with Crippen LogP contribution in [0.15, 0.2) is 72.9 Å². The number of hydrogen-bond donors (Lipinski definition) is 1. The Kier molecular flexibility index (Phi) is 5.81. The minimum Gasteiger partial charge on any atom is -0.373 e. The number of aromatic nitrogens is 5. The smallest absolute Gasteiger partial charge is 0.178 e. The summed E-state index contributed by atoms with van der Waals surface area (Å²) in [5, 5.41) is 16.0. The molecule has 0 spiro atoms. The van der Waals surface area contributed by atoms with E-state index in [9.17, 15) is 0 Å². The second-order valence-corrected chi connectivity index (χ2v) is 7.22. The number of aryl methyl sites for hydroxylation is 1. The molecule has 0 aliphatic carbocycles. The number of rotatable bonds is 7. The molecular formula is C23H25N7. The summed E-state index contributed by atoms with van der Waals surface area (Å²) in [5.74, 6) is 1.64. The van der Waals surface area contributed by atoms with Gasteiger partial charge < -0.3 is 5.32 Å². The van der Waals surface area contributed by atoms with Crippen LogP contribution in [0.25, 0.3) is 5.69 Å². The van der Waals surface area contributed by atoms with Crippen LogP contribution in [0.5, 0.6) is 0 Å². The molecule has 0 aliphatic rings. The Morgan fingerprint density at radius 3 is 2.53 bits per heavy atom. The van der Waals surface area contributed by atoms with E-state index < -0.39 is 0 Å². The van der Waals surface area contributed by atoms with E-state index in [0.29, 0.717) is 6.54 Å². The van der Waals surface area contributed by atoms with E-state index in [2.05, 4.69) is 69.0 Å². The van der Waals surface area contributed by atoms with Crippen LogP contribution in [0.3, 0.4) is 0 Å². The molecule has 2 heterocycles. The van der Waals surface area contributed by atoms with Crippen molar-refractivity contribution in [1.82, 2.24) is 30.1 Å². The van der Waals surface area contributed by atoms with Crippen molar-refractivity contribution in [2.24, 2.45) is 0 Å². The first kappa shape index (κ1) is 19.7. The van der Waals surface area contributed by atoms with Gasteiger partial charge in [-0.05, 0) is 47.7 Å². The van der Waals surface area contributed by atoms with Crippen LogP contribution in [-0.4, -0.2) is 44.2 Å². The molecule has 0 fully saturated rings. The fourth-order valence-electron chi connectivity index (χ4n) is 3.72. The third-order valence-electron chi connectivity index (χ3n) is 5.19. The van der Waals surface area contributed by atoms with Crippen LogP contribution in [0.1, 0.15) is 28.6 Å². The third-order valence-corrected chi connectivity index (χ3v) is 5.19. The molecule has 0 aliphatic heterocycles. The van der Waals surface area contributed by atoms with Crippen molar-refractivity contribution in [2.75, 3.05) is 19.4 Å². The number of nitrogens with zero attached hydrogens (tertiary/aromatic N) is 6. The Morgan fingerprint density at radius 1 is 1.00 bits per heavy atom. The molecule has 4 rings (SSSR count). The highest BCUT2D eigenvalue weighted by molar-refractivity contribution is 5.43. The van der Waals surface area contributed by atoms with Gasteiger partial charge in [-0.25, -0.2) is 4.98 Å². The van der Waals surface area contributed by atoms with Gasteiger partial charge >= 0.3 is 0 Å². The molecule has 30 heavy (non-hydrogen) atoms. The average molecular weight is 400 g/mol. The van der Waals surface area contributed by atoms with Gasteiger partial charge in [0.2, 0.25) is 0 Å². The maximum Gasteiger partial charge on any atom is 0.178 e. The van der Waals surface area contributed by atoms with Crippen molar-refractivity contribution < 1.29 is 0 Å². The van der Waals surface area contributed by atoms with Crippen LogP contribution in [-0.2, 0) is 6.54 Å². The van der Waals surface area contributed by atoms with Crippen molar-refractivity contribution in [2.45, 2.75) is 19.5 Å². The van der Waals surface area contributed by atoms with Crippen molar-refractivity contribution in [1.29, 1.82) is 0 Å². The van der Waals surface area contributed by atoms with Crippen LogP contribution in [0.4, 0.5) is 5.82 Å². The molecule has 2 aromatic heterocycles. The van der Waals surface area contributed by atoms with Crippen molar-refractivity contribution >= 4 is 5.82 Å². The molecule has 0 saturated carbocycles. The lowest BCUT2D eigenvalue weighted by Gasteiger charge is -2.28. The van der Waals surface area contributed by atoms with Crippen molar-refractivity contribution in [3.8, 4) is 5.69 Å². The topological polar surface area (TPSA) is 71.8 Å². The summed E-state index contributed by atoms with van der Waals surface area (Å²) in [6.45, 7) is 2.75. The summed E-state index contributed by atoms with van der Waals surface area (Å²) in [7, 11) is 3.97. The first-order valence-electron chi connectivity index (χ1n) is 9.90. The highest BCUT2D eigenvalue weighted by atomic mass is 15.6. The molecule has 152 valence electrons. The Balaban J connectivity index is 1.78. The number of nitrogens with one attached hydrogen (secondary N) is 1. The van der Waals surface area contributed by atoms with Gasteiger partial charge in [0.1, 0.15) is 5.82 Å². The minimum absolute atomic E-state index is 0.134. The predicted molar refractivity (Wildman–Crippen MR) is 117 cm³/mol. The predicted octanol–water partition coefficient (Wildman–Crippen LogP) is 3.63. The van der Waals surface area contributed by atoms with E-state index >= 15 is 0 Å². The molecule has 7 heteroatoms. The molecular weight excluding hydrogens is 374 g/mol. The van der Waals surface area contributed by atoms with Gasteiger partial charge in [0.25, 0.3) is 0 Å². The van der Waals surface area contributed by atoms with Gasteiger partial charge in [0.15, 0.2) is 5.82 Å². The molecule has 0 saturated heterocycles. The molecule has 4 aromatic rings. The largest absolute Gasteiger partial charge is 0.373 e. The maximum absolute atomic E-state index is 4.44. The van der Waals surface area contributed by atoms with Crippen LogP contribution < -0.4 is 5.32 Å². The average Bonchev–Trinajstić information content (AvgIpc) is 3.24. The summed E-state index contributed by atoms with van der Waals surface area (Å²) >= 11 is 0. The fraction of sp³-hybridized carbons (Fsp3) is 0.217. The minimum atomic E-state index is -0.134. The van der Waals surface area contributed by atoms with Gasteiger partial charge in [0, 0.05) is 25.4 Å². The lowest BCUT2D eigenvalue weighted by molar-refractivity contribution is 0.258. The summed E-state index contributed by atoms with van der Waals surface area (Å²) < 4.78 is 1.84. The summed E-state index contributed by atoms with van der Waals surface area (Å²) in [6, 6.07) is 22.4. The lowest BCUT2D eigenvalue weighted by atomic mass is 10.0. The second kappa shape index (κ2) is 8.84. The van der Waals surface area contributed by atoms with Crippen LogP contribution in [0, 0.1) is 6.92 Å². The molecule has 0 amide bonds. The normalized spacial score (nSPS) is 12.1. The zero-order valence-electron chi connectivity index (χ0n) is 17.4. The Bertz CT molecular complexity index is 1110. The SMILES string of the molecule is CNc1ncccc1CN(C)[C@H](c1ccccc1)c1nnnn1-c1ccccc1C. The monoisotopic (exact) mass is 399 g/mol. The Morgan fingerprint density at radius 2 is 1.77 bits per heavy atom. The standard InChI is InChI=1S/C23H25N7/c1-17-10-7-8-14-20(17)30-23(26-27-28-30)21(18-11-5-4-6-12-18)29(3)16-19-13-9-15-25-22(19)24-2/h4-15,21H,16H2,1-3H3,(H,24,25)/t21-/m1/s1. The molecule has 0 bridgehead atoms.